The first-order valence-electron chi connectivity index (χ1n) is 7.59. The highest BCUT2D eigenvalue weighted by Gasteiger charge is 2.15. The van der Waals surface area contributed by atoms with Gasteiger partial charge < -0.3 is 15.1 Å². The number of benzene rings is 1. The van der Waals surface area contributed by atoms with Crippen molar-refractivity contribution in [2.45, 2.75) is 39.3 Å². The van der Waals surface area contributed by atoms with E-state index in [1.165, 1.54) is 6.07 Å². The van der Waals surface area contributed by atoms with Crippen LogP contribution in [-0.4, -0.2) is 44.7 Å². The van der Waals surface area contributed by atoms with E-state index in [-0.39, 0.29) is 11.4 Å². The van der Waals surface area contributed by atoms with Gasteiger partial charge in [-0.05, 0) is 60.0 Å². The van der Waals surface area contributed by atoms with Gasteiger partial charge in [-0.25, -0.2) is 4.39 Å². The summed E-state index contributed by atoms with van der Waals surface area (Å²) in [7, 11) is 6.17. The maximum atomic E-state index is 14.2. The van der Waals surface area contributed by atoms with E-state index >= 15 is 0 Å². The van der Waals surface area contributed by atoms with Gasteiger partial charge in [-0.1, -0.05) is 6.07 Å². The molecule has 0 amide bonds. The molecule has 1 aromatic rings. The number of hydrogen-bond acceptors (Lipinski definition) is 3. The molecule has 0 radical (unpaired) electrons. The Morgan fingerprint density at radius 2 is 1.76 bits per heavy atom. The molecule has 0 spiro atoms. The van der Waals surface area contributed by atoms with Gasteiger partial charge >= 0.3 is 0 Å². The minimum Gasteiger partial charge on any atom is -0.374 e. The van der Waals surface area contributed by atoms with Crippen LogP contribution in [0.1, 0.15) is 32.8 Å². The minimum absolute atomic E-state index is 0.0248. The van der Waals surface area contributed by atoms with Crippen LogP contribution in [0.4, 0.5) is 10.1 Å². The van der Waals surface area contributed by atoms with E-state index in [0.29, 0.717) is 6.54 Å². The Bertz CT molecular complexity index is 438. The van der Waals surface area contributed by atoms with Crippen molar-refractivity contribution < 1.29 is 4.39 Å². The first-order valence-corrected chi connectivity index (χ1v) is 7.59. The van der Waals surface area contributed by atoms with Gasteiger partial charge in [-0.2, -0.15) is 0 Å². The van der Waals surface area contributed by atoms with Crippen LogP contribution in [0, 0.1) is 5.82 Å². The van der Waals surface area contributed by atoms with E-state index in [0.717, 1.165) is 30.8 Å². The number of nitrogens with zero attached hydrogens (tertiary/aromatic N) is 2. The molecule has 0 aromatic heterocycles. The predicted molar refractivity (Wildman–Crippen MR) is 89.4 cm³/mol. The molecule has 0 aliphatic rings. The van der Waals surface area contributed by atoms with Crippen LogP contribution in [0.5, 0.6) is 0 Å². The van der Waals surface area contributed by atoms with Crippen molar-refractivity contribution in [3.63, 3.8) is 0 Å². The number of rotatable bonds is 7. The van der Waals surface area contributed by atoms with Gasteiger partial charge in [0.05, 0.1) is 0 Å². The van der Waals surface area contributed by atoms with Gasteiger partial charge in [0.25, 0.3) is 0 Å². The van der Waals surface area contributed by atoms with Gasteiger partial charge in [0.1, 0.15) is 5.82 Å². The molecule has 0 unspecified atom stereocenters. The lowest BCUT2D eigenvalue weighted by Gasteiger charge is -2.26. The second kappa shape index (κ2) is 7.76. The summed E-state index contributed by atoms with van der Waals surface area (Å²) in [5, 5.41) is 3.37. The van der Waals surface area contributed by atoms with Crippen molar-refractivity contribution in [3.8, 4) is 0 Å². The van der Waals surface area contributed by atoms with Crippen molar-refractivity contribution in [1.82, 2.24) is 10.2 Å². The lowest BCUT2D eigenvalue weighted by molar-refractivity contribution is 0.401. The Morgan fingerprint density at radius 3 is 2.33 bits per heavy atom. The lowest BCUT2D eigenvalue weighted by Crippen LogP contribution is -2.36. The molecule has 21 heavy (non-hydrogen) atoms. The molecule has 1 aromatic carbocycles. The van der Waals surface area contributed by atoms with E-state index in [2.05, 4.69) is 50.0 Å². The molecular formula is C17H30FN3. The van der Waals surface area contributed by atoms with Crippen molar-refractivity contribution in [2.24, 2.45) is 0 Å². The Kier molecular flexibility index (Phi) is 6.62. The molecule has 0 saturated carbocycles. The summed E-state index contributed by atoms with van der Waals surface area (Å²) in [5.41, 5.74) is 1.70. The number of halogens is 1. The summed E-state index contributed by atoms with van der Waals surface area (Å²) in [5.74, 6) is -0.135. The highest BCUT2D eigenvalue weighted by molar-refractivity contribution is 5.53. The minimum atomic E-state index is -0.135. The van der Waals surface area contributed by atoms with Crippen molar-refractivity contribution >= 4 is 5.69 Å². The second-order valence-electron chi connectivity index (χ2n) is 6.92. The quantitative estimate of drug-likeness (QED) is 0.834. The fourth-order valence-electron chi connectivity index (χ4n) is 2.18. The Labute approximate surface area is 129 Å². The van der Waals surface area contributed by atoms with Crippen LogP contribution in [-0.2, 0) is 6.54 Å². The van der Waals surface area contributed by atoms with Gasteiger partial charge in [-0.15, -0.1) is 0 Å². The zero-order chi connectivity index (χ0) is 16.0. The van der Waals surface area contributed by atoms with Crippen LogP contribution in [0.3, 0.4) is 0 Å². The standard InChI is InChI=1S/C17H30FN3/c1-17(2,3)19-13-14-15(18)9-7-10-16(14)21(6)12-8-11-20(4)5/h7,9-10,19H,8,11-13H2,1-6H3. The molecule has 0 aliphatic carbocycles. The van der Waals surface area contributed by atoms with Crippen LogP contribution in [0.2, 0.25) is 0 Å². The number of anilines is 1. The summed E-state index contributed by atoms with van der Waals surface area (Å²) >= 11 is 0. The first kappa shape index (κ1) is 17.9. The third-order valence-electron chi connectivity index (χ3n) is 3.40. The molecule has 0 fully saturated rings. The largest absolute Gasteiger partial charge is 0.374 e. The SMILES string of the molecule is CN(C)CCCN(C)c1cccc(F)c1CNC(C)(C)C. The normalized spacial score (nSPS) is 12.0. The summed E-state index contributed by atoms with van der Waals surface area (Å²) < 4.78 is 14.2. The maximum Gasteiger partial charge on any atom is 0.129 e. The third kappa shape index (κ3) is 6.44. The van der Waals surface area contributed by atoms with Crippen LogP contribution in [0.25, 0.3) is 0 Å². The van der Waals surface area contributed by atoms with E-state index in [1.807, 2.05) is 13.1 Å². The molecule has 4 heteroatoms. The molecule has 0 bridgehead atoms. The van der Waals surface area contributed by atoms with Crippen LogP contribution >= 0.6 is 0 Å². The maximum absolute atomic E-state index is 14.2. The predicted octanol–water partition coefficient (Wildman–Crippen LogP) is 3.10. The summed E-state index contributed by atoms with van der Waals surface area (Å²) in [4.78, 5) is 4.31. The highest BCUT2D eigenvalue weighted by atomic mass is 19.1. The Morgan fingerprint density at radius 1 is 1.10 bits per heavy atom. The molecule has 120 valence electrons. The Hall–Kier alpha value is -1.13. The molecule has 1 rings (SSSR count). The molecule has 0 atom stereocenters. The number of nitrogens with one attached hydrogen (secondary N) is 1. The van der Waals surface area contributed by atoms with E-state index in [1.54, 1.807) is 6.07 Å². The summed E-state index contributed by atoms with van der Waals surface area (Å²) in [6.07, 6.45) is 1.06. The topological polar surface area (TPSA) is 18.5 Å². The van der Waals surface area contributed by atoms with Gasteiger partial charge in [-0.3, -0.25) is 0 Å². The second-order valence-corrected chi connectivity index (χ2v) is 6.92. The average molecular weight is 295 g/mol. The zero-order valence-corrected chi connectivity index (χ0v) is 14.3. The molecule has 0 heterocycles. The summed E-state index contributed by atoms with van der Waals surface area (Å²) in [6, 6.07) is 5.32. The van der Waals surface area contributed by atoms with Gasteiger partial charge in [0, 0.05) is 36.9 Å². The highest BCUT2D eigenvalue weighted by Crippen LogP contribution is 2.23. The molecule has 0 aliphatic heterocycles. The molecular weight excluding hydrogens is 265 g/mol. The van der Waals surface area contributed by atoms with Gasteiger partial charge in [0.15, 0.2) is 0 Å². The molecule has 3 nitrogen and oxygen atoms in total. The van der Waals surface area contributed by atoms with Crippen molar-refractivity contribution in [1.29, 1.82) is 0 Å². The lowest BCUT2D eigenvalue weighted by atomic mass is 10.1. The van der Waals surface area contributed by atoms with Crippen molar-refractivity contribution in [3.05, 3.63) is 29.6 Å². The fourth-order valence-corrected chi connectivity index (χ4v) is 2.18. The monoisotopic (exact) mass is 295 g/mol. The van der Waals surface area contributed by atoms with Crippen LogP contribution < -0.4 is 10.2 Å². The Balaban J connectivity index is 2.78. The van der Waals surface area contributed by atoms with E-state index < -0.39 is 0 Å². The third-order valence-corrected chi connectivity index (χ3v) is 3.40. The number of hydrogen-bond donors (Lipinski definition) is 1. The van der Waals surface area contributed by atoms with Gasteiger partial charge in [0.2, 0.25) is 0 Å². The molecule has 1 N–H and O–H groups in total. The first-order chi connectivity index (χ1) is 9.70. The molecule has 0 saturated heterocycles. The fraction of sp³-hybridized carbons (Fsp3) is 0.647. The van der Waals surface area contributed by atoms with E-state index in [4.69, 9.17) is 0 Å². The zero-order valence-electron chi connectivity index (χ0n) is 14.3. The summed E-state index contributed by atoms with van der Waals surface area (Å²) in [6.45, 7) is 8.78. The van der Waals surface area contributed by atoms with Crippen LogP contribution in [0.15, 0.2) is 18.2 Å². The average Bonchev–Trinajstić information content (AvgIpc) is 2.35. The smallest absolute Gasteiger partial charge is 0.129 e. The van der Waals surface area contributed by atoms with Crippen molar-refractivity contribution in [2.75, 3.05) is 39.1 Å². The van der Waals surface area contributed by atoms with E-state index in [9.17, 15) is 4.39 Å².